The minimum absolute atomic E-state index is 0.163. The lowest BCUT2D eigenvalue weighted by Crippen LogP contribution is -2.05. The summed E-state index contributed by atoms with van der Waals surface area (Å²) in [7, 11) is 0. The second-order valence-corrected chi connectivity index (χ2v) is 3.44. The summed E-state index contributed by atoms with van der Waals surface area (Å²) in [5.41, 5.74) is 10.5. The summed E-state index contributed by atoms with van der Waals surface area (Å²) in [6.45, 7) is 0. The molecule has 1 heterocycles. The molecule has 1 aromatic heterocycles. The summed E-state index contributed by atoms with van der Waals surface area (Å²) < 4.78 is 13.7. The van der Waals surface area contributed by atoms with Crippen LogP contribution in [0.5, 0.6) is 0 Å². The van der Waals surface area contributed by atoms with Crippen molar-refractivity contribution in [3.63, 3.8) is 0 Å². The number of anilines is 2. The van der Waals surface area contributed by atoms with Crippen molar-refractivity contribution in [2.75, 3.05) is 11.5 Å². The summed E-state index contributed by atoms with van der Waals surface area (Å²) >= 11 is 0. The molecule has 0 unspecified atom stereocenters. The zero-order valence-corrected chi connectivity index (χ0v) is 9.00. The Hall–Kier alpha value is -2.77. The van der Waals surface area contributed by atoms with Gasteiger partial charge in [0, 0.05) is 17.7 Å². The number of benzene rings is 1. The average Bonchev–Trinajstić information content (AvgIpc) is 2.34. The quantitative estimate of drug-likeness (QED) is 0.612. The fourth-order valence-corrected chi connectivity index (χ4v) is 1.44. The van der Waals surface area contributed by atoms with Gasteiger partial charge in [0.15, 0.2) is 11.6 Å². The summed E-state index contributed by atoms with van der Waals surface area (Å²) in [4.78, 5) is 17.2. The number of nitrogens with zero attached hydrogens (tertiary/aromatic N) is 3. The fraction of sp³-hybridized carbons (Fsp3) is 0. The first-order chi connectivity index (χ1) is 8.49. The molecule has 18 heavy (non-hydrogen) atoms. The van der Waals surface area contributed by atoms with Gasteiger partial charge in [-0.3, -0.25) is 10.1 Å². The zero-order chi connectivity index (χ0) is 13.3. The molecule has 2 rings (SSSR count). The van der Waals surface area contributed by atoms with Crippen molar-refractivity contribution in [2.45, 2.75) is 0 Å². The number of hydrogen-bond acceptors (Lipinski definition) is 6. The molecule has 7 nitrogen and oxygen atoms in total. The van der Waals surface area contributed by atoms with Crippen molar-refractivity contribution in [1.29, 1.82) is 0 Å². The molecule has 2 aromatic rings. The molecule has 92 valence electrons. The monoisotopic (exact) mass is 249 g/mol. The SMILES string of the molecule is Nc1nc(N)c(F)c(-c2cccc([N+](=O)[O-])c2)n1. The predicted molar refractivity (Wildman–Crippen MR) is 62.9 cm³/mol. The van der Waals surface area contributed by atoms with E-state index in [4.69, 9.17) is 11.5 Å². The zero-order valence-electron chi connectivity index (χ0n) is 9.00. The van der Waals surface area contributed by atoms with Crippen LogP contribution in [0.3, 0.4) is 0 Å². The number of non-ortho nitro benzene ring substituents is 1. The highest BCUT2D eigenvalue weighted by Gasteiger charge is 2.15. The number of nitrogens with two attached hydrogens (primary N) is 2. The van der Waals surface area contributed by atoms with E-state index in [-0.39, 0.29) is 22.9 Å². The second kappa shape index (κ2) is 4.24. The maximum atomic E-state index is 13.7. The van der Waals surface area contributed by atoms with Gasteiger partial charge in [-0.1, -0.05) is 12.1 Å². The highest BCUT2D eigenvalue weighted by molar-refractivity contribution is 5.66. The lowest BCUT2D eigenvalue weighted by atomic mass is 10.1. The number of nitro benzene ring substituents is 1. The third-order valence-corrected chi connectivity index (χ3v) is 2.22. The molecule has 0 amide bonds. The van der Waals surface area contributed by atoms with Gasteiger partial charge >= 0.3 is 0 Å². The normalized spacial score (nSPS) is 10.3. The van der Waals surface area contributed by atoms with E-state index < -0.39 is 16.6 Å². The Kier molecular flexibility index (Phi) is 2.76. The molecule has 0 aliphatic carbocycles. The van der Waals surface area contributed by atoms with Gasteiger partial charge in [-0.25, -0.2) is 9.37 Å². The summed E-state index contributed by atoms with van der Waals surface area (Å²) in [6, 6.07) is 5.36. The van der Waals surface area contributed by atoms with Crippen molar-refractivity contribution in [3.05, 3.63) is 40.2 Å². The summed E-state index contributed by atoms with van der Waals surface area (Å²) in [5, 5.41) is 10.6. The van der Waals surface area contributed by atoms with E-state index in [0.717, 1.165) is 0 Å². The maximum Gasteiger partial charge on any atom is 0.270 e. The minimum Gasteiger partial charge on any atom is -0.381 e. The first kappa shape index (κ1) is 11.7. The van der Waals surface area contributed by atoms with Crippen molar-refractivity contribution in [3.8, 4) is 11.3 Å². The number of halogens is 1. The number of rotatable bonds is 2. The average molecular weight is 249 g/mol. The van der Waals surface area contributed by atoms with E-state index in [9.17, 15) is 14.5 Å². The third kappa shape index (κ3) is 2.03. The second-order valence-electron chi connectivity index (χ2n) is 3.44. The highest BCUT2D eigenvalue weighted by Crippen LogP contribution is 2.26. The van der Waals surface area contributed by atoms with Crippen LogP contribution in [-0.2, 0) is 0 Å². The van der Waals surface area contributed by atoms with Crippen LogP contribution in [-0.4, -0.2) is 14.9 Å². The Balaban J connectivity index is 2.62. The molecule has 4 N–H and O–H groups in total. The highest BCUT2D eigenvalue weighted by atomic mass is 19.1. The first-order valence-electron chi connectivity index (χ1n) is 4.82. The Morgan fingerprint density at radius 3 is 2.67 bits per heavy atom. The van der Waals surface area contributed by atoms with Crippen LogP contribution in [0.25, 0.3) is 11.3 Å². The summed E-state index contributed by atoms with van der Waals surface area (Å²) in [5.74, 6) is -1.45. The maximum absolute atomic E-state index is 13.7. The van der Waals surface area contributed by atoms with E-state index in [1.54, 1.807) is 0 Å². The van der Waals surface area contributed by atoms with Crippen LogP contribution < -0.4 is 11.5 Å². The molecule has 0 fully saturated rings. The largest absolute Gasteiger partial charge is 0.381 e. The van der Waals surface area contributed by atoms with Gasteiger partial charge in [0.25, 0.3) is 5.69 Å². The smallest absolute Gasteiger partial charge is 0.270 e. The number of aromatic nitrogens is 2. The number of nitro groups is 1. The van der Waals surface area contributed by atoms with Crippen LogP contribution in [0.1, 0.15) is 0 Å². The minimum atomic E-state index is -0.857. The van der Waals surface area contributed by atoms with Crippen molar-refractivity contribution in [2.24, 2.45) is 0 Å². The van der Waals surface area contributed by atoms with Crippen molar-refractivity contribution >= 4 is 17.5 Å². The lowest BCUT2D eigenvalue weighted by Gasteiger charge is -2.05. The van der Waals surface area contributed by atoms with E-state index in [1.165, 1.54) is 24.3 Å². The van der Waals surface area contributed by atoms with Crippen LogP contribution in [0.4, 0.5) is 21.8 Å². The van der Waals surface area contributed by atoms with E-state index in [2.05, 4.69) is 9.97 Å². The Bertz CT molecular complexity index is 632. The number of nitrogen functional groups attached to an aromatic ring is 2. The number of hydrogen-bond donors (Lipinski definition) is 2. The van der Waals surface area contributed by atoms with Crippen LogP contribution >= 0.6 is 0 Å². The summed E-state index contributed by atoms with van der Waals surface area (Å²) in [6.07, 6.45) is 0. The fourth-order valence-electron chi connectivity index (χ4n) is 1.44. The van der Waals surface area contributed by atoms with Crippen molar-refractivity contribution < 1.29 is 9.31 Å². The lowest BCUT2D eigenvalue weighted by molar-refractivity contribution is -0.384. The topological polar surface area (TPSA) is 121 Å². The van der Waals surface area contributed by atoms with Gasteiger partial charge < -0.3 is 11.5 Å². The molecule has 8 heteroatoms. The molecule has 0 aliphatic heterocycles. The van der Waals surface area contributed by atoms with Crippen LogP contribution in [0.15, 0.2) is 24.3 Å². The van der Waals surface area contributed by atoms with E-state index in [0.29, 0.717) is 0 Å². The third-order valence-electron chi connectivity index (χ3n) is 2.22. The molecular formula is C10H8FN5O2. The van der Waals surface area contributed by atoms with Gasteiger partial charge in [0.05, 0.1) is 4.92 Å². The van der Waals surface area contributed by atoms with E-state index >= 15 is 0 Å². The molecule has 0 saturated heterocycles. The Morgan fingerprint density at radius 2 is 2.00 bits per heavy atom. The molecule has 0 bridgehead atoms. The van der Waals surface area contributed by atoms with Gasteiger partial charge in [-0.15, -0.1) is 0 Å². The molecule has 0 saturated carbocycles. The van der Waals surface area contributed by atoms with E-state index in [1.807, 2.05) is 0 Å². The molecule has 1 aromatic carbocycles. The Labute approximate surface area is 100 Å². The van der Waals surface area contributed by atoms with Crippen LogP contribution in [0.2, 0.25) is 0 Å². The van der Waals surface area contributed by atoms with Gasteiger partial charge in [0.1, 0.15) is 5.69 Å². The molecule has 0 aliphatic rings. The van der Waals surface area contributed by atoms with Gasteiger partial charge in [-0.2, -0.15) is 4.98 Å². The molecule has 0 radical (unpaired) electrons. The first-order valence-corrected chi connectivity index (χ1v) is 4.82. The van der Waals surface area contributed by atoms with Gasteiger partial charge in [-0.05, 0) is 0 Å². The van der Waals surface area contributed by atoms with Gasteiger partial charge in [0.2, 0.25) is 5.95 Å². The molecular weight excluding hydrogens is 241 g/mol. The molecule has 0 spiro atoms. The van der Waals surface area contributed by atoms with Crippen molar-refractivity contribution in [1.82, 2.24) is 9.97 Å². The molecule has 0 atom stereocenters. The Morgan fingerprint density at radius 1 is 1.28 bits per heavy atom. The van der Waals surface area contributed by atoms with Crippen LogP contribution in [0, 0.1) is 15.9 Å². The predicted octanol–water partition coefficient (Wildman–Crippen LogP) is 1.36. The standard InChI is InChI=1S/C10H8FN5O2/c11-7-8(14-10(13)15-9(7)12)5-2-1-3-6(4-5)16(17)18/h1-4H,(H4,12,13,14,15).